The summed E-state index contributed by atoms with van der Waals surface area (Å²) in [5.74, 6) is 0.103. The van der Waals surface area contributed by atoms with E-state index < -0.39 is 0 Å². The Hall–Kier alpha value is -1.43. The molecule has 2 heterocycles. The fourth-order valence-electron chi connectivity index (χ4n) is 3.26. The first kappa shape index (κ1) is 15.5. The van der Waals surface area contributed by atoms with Gasteiger partial charge in [0.2, 0.25) is 5.91 Å². The molecule has 2 aliphatic rings. The van der Waals surface area contributed by atoms with Gasteiger partial charge in [-0.05, 0) is 31.0 Å². The van der Waals surface area contributed by atoms with E-state index >= 15 is 0 Å². The number of carbonyl (C=O) groups excluding carboxylic acids is 1. The van der Waals surface area contributed by atoms with Gasteiger partial charge in [0.15, 0.2) is 0 Å². The smallest absolute Gasteiger partial charge is 0.237 e. The van der Waals surface area contributed by atoms with Gasteiger partial charge in [-0.25, -0.2) is 0 Å². The fourth-order valence-corrected chi connectivity index (χ4v) is 3.26. The Labute approximate surface area is 132 Å². The van der Waals surface area contributed by atoms with Crippen molar-refractivity contribution in [2.24, 2.45) is 0 Å². The second-order valence-electron chi connectivity index (χ2n) is 6.02. The molecule has 1 amide bonds. The van der Waals surface area contributed by atoms with E-state index in [9.17, 15) is 4.79 Å². The Kier molecular flexibility index (Phi) is 5.08. The quantitative estimate of drug-likeness (QED) is 0.860. The van der Waals surface area contributed by atoms with Gasteiger partial charge in [0, 0.05) is 25.7 Å². The summed E-state index contributed by atoms with van der Waals surface area (Å²) in [6.07, 6.45) is 1.06. The molecule has 0 aromatic heterocycles. The summed E-state index contributed by atoms with van der Waals surface area (Å²) in [4.78, 5) is 14.6. The van der Waals surface area contributed by atoms with Crippen molar-refractivity contribution in [1.82, 2.24) is 15.5 Å². The van der Waals surface area contributed by atoms with Crippen molar-refractivity contribution >= 4 is 5.91 Å². The third-order valence-corrected chi connectivity index (χ3v) is 4.67. The van der Waals surface area contributed by atoms with Gasteiger partial charge in [-0.15, -0.1) is 0 Å². The predicted octanol–water partition coefficient (Wildman–Crippen LogP) is 0.710. The minimum Gasteiger partial charge on any atom is -0.379 e. The molecular weight excluding hydrogens is 278 g/mol. The van der Waals surface area contributed by atoms with Crippen molar-refractivity contribution in [1.29, 1.82) is 0 Å². The molecule has 2 N–H and O–H groups in total. The number of nitrogens with one attached hydrogen (secondary N) is 2. The van der Waals surface area contributed by atoms with Crippen LogP contribution in [0.3, 0.4) is 0 Å². The molecule has 0 aliphatic carbocycles. The van der Waals surface area contributed by atoms with Crippen LogP contribution in [0.1, 0.15) is 24.1 Å². The number of hydrogen-bond acceptors (Lipinski definition) is 4. The molecule has 2 unspecified atom stereocenters. The lowest BCUT2D eigenvalue weighted by atomic mass is 9.94. The van der Waals surface area contributed by atoms with E-state index in [-0.39, 0.29) is 18.0 Å². The van der Waals surface area contributed by atoms with Gasteiger partial charge in [-0.3, -0.25) is 9.69 Å². The number of carbonyl (C=O) groups is 1. The number of rotatable bonds is 4. The van der Waals surface area contributed by atoms with Crippen LogP contribution in [0.15, 0.2) is 24.3 Å². The van der Waals surface area contributed by atoms with E-state index in [0.29, 0.717) is 6.54 Å². The van der Waals surface area contributed by atoms with Crippen LogP contribution in [-0.4, -0.2) is 56.2 Å². The standard InChI is InChI=1S/C17H25N3O2/c1-13(20-8-10-22-11-9-20)17(21)19-12-16-15-5-3-2-4-14(15)6-7-18-16/h2-5,13,16,18H,6-12H2,1H3,(H,19,21). The average molecular weight is 303 g/mol. The molecule has 5 heteroatoms. The van der Waals surface area contributed by atoms with Gasteiger partial charge in [0.1, 0.15) is 0 Å². The lowest BCUT2D eigenvalue weighted by Gasteiger charge is -2.32. The Morgan fingerprint density at radius 3 is 3.00 bits per heavy atom. The van der Waals surface area contributed by atoms with Crippen LogP contribution >= 0.6 is 0 Å². The fraction of sp³-hybridized carbons (Fsp3) is 0.588. The molecule has 1 aromatic rings. The zero-order chi connectivity index (χ0) is 15.4. The van der Waals surface area contributed by atoms with Crippen LogP contribution in [0.4, 0.5) is 0 Å². The molecule has 22 heavy (non-hydrogen) atoms. The van der Waals surface area contributed by atoms with Crippen LogP contribution in [0.5, 0.6) is 0 Å². The number of nitrogens with zero attached hydrogens (tertiary/aromatic N) is 1. The number of ether oxygens (including phenoxy) is 1. The van der Waals surface area contributed by atoms with Gasteiger partial charge in [0.05, 0.1) is 19.3 Å². The van der Waals surface area contributed by atoms with Gasteiger partial charge in [-0.1, -0.05) is 24.3 Å². The minimum atomic E-state index is -0.0947. The van der Waals surface area contributed by atoms with Gasteiger partial charge < -0.3 is 15.4 Å². The summed E-state index contributed by atoms with van der Waals surface area (Å²) < 4.78 is 5.34. The summed E-state index contributed by atoms with van der Waals surface area (Å²) in [5.41, 5.74) is 2.70. The summed E-state index contributed by atoms with van der Waals surface area (Å²) in [7, 11) is 0. The Bertz CT molecular complexity index is 514. The highest BCUT2D eigenvalue weighted by atomic mass is 16.5. The summed E-state index contributed by atoms with van der Waals surface area (Å²) in [5, 5.41) is 6.61. The molecule has 1 fully saturated rings. The van der Waals surface area contributed by atoms with Gasteiger partial charge >= 0.3 is 0 Å². The highest BCUT2D eigenvalue weighted by Crippen LogP contribution is 2.21. The summed E-state index contributed by atoms with van der Waals surface area (Å²) >= 11 is 0. The molecule has 0 bridgehead atoms. The second-order valence-corrected chi connectivity index (χ2v) is 6.02. The largest absolute Gasteiger partial charge is 0.379 e. The number of morpholine rings is 1. The van der Waals surface area contributed by atoms with E-state index in [2.05, 4.69) is 39.8 Å². The molecule has 0 spiro atoms. The van der Waals surface area contributed by atoms with Crippen LogP contribution in [0.2, 0.25) is 0 Å². The van der Waals surface area contributed by atoms with Crippen molar-refractivity contribution < 1.29 is 9.53 Å². The van der Waals surface area contributed by atoms with Crippen molar-refractivity contribution in [3.8, 4) is 0 Å². The molecule has 1 saturated heterocycles. The molecule has 0 saturated carbocycles. The monoisotopic (exact) mass is 303 g/mol. The first-order chi connectivity index (χ1) is 10.8. The van der Waals surface area contributed by atoms with Crippen molar-refractivity contribution in [3.63, 3.8) is 0 Å². The lowest BCUT2D eigenvalue weighted by molar-refractivity contribution is -0.127. The second kappa shape index (κ2) is 7.22. The number of benzene rings is 1. The SMILES string of the molecule is CC(C(=O)NCC1NCCc2ccccc21)N1CCOCC1. The zero-order valence-corrected chi connectivity index (χ0v) is 13.2. The molecule has 0 radical (unpaired) electrons. The third-order valence-electron chi connectivity index (χ3n) is 4.67. The lowest BCUT2D eigenvalue weighted by Crippen LogP contribution is -2.51. The first-order valence-corrected chi connectivity index (χ1v) is 8.16. The van der Waals surface area contributed by atoms with Gasteiger partial charge in [0.25, 0.3) is 0 Å². The predicted molar refractivity (Wildman–Crippen MR) is 85.8 cm³/mol. The van der Waals surface area contributed by atoms with E-state index in [4.69, 9.17) is 4.74 Å². The maximum Gasteiger partial charge on any atom is 0.237 e. The highest BCUT2D eigenvalue weighted by molar-refractivity contribution is 5.81. The molecule has 1 aromatic carbocycles. The van der Waals surface area contributed by atoms with Crippen LogP contribution in [-0.2, 0) is 16.0 Å². The Morgan fingerprint density at radius 1 is 1.41 bits per heavy atom. The van der Waals surface area contributed by atoms with Crippen molar-refractivity contribution in [2.75, 3.05) is 39.4 Å². The van der Waals surface area contributed by atoms with Crippen LogP contribution in [0, 0.1) is 0 Å². The van der Waals surface area contributed by atoms with Crippen LogP contribution in [0.25, 0.3) is 0 Å². The maximum atomic E-state index is 12.4. The molecular formula is C17H25N3O2. The number of amides is 1. The summed E-state index contributed by atoms with van der Waals surface area (Å²) in [6, 6.07) is 8.61. The number of fused-ring (bicyclic) bond motifs is 1. The maximum absolute atomic E-state index is 12.4. The Balaban J connectivity index is 1.55. The molecule has 2 aliphatic heterocycles. The van der Waals surface area contributed by atoms with Crippen molar-refractivity contribution in [3.05, 3.63) is 35.4 Å². The molecule has 2 atom stereocenters. The Morgan fingerprint density at radius 2 is 2.18 bits per heavy atom. The third kappa shape index (κ3) is 3.48. The van der Waals surface area contributed by atoms with E-state index in [1.54, 1.807) is 0 Å². The van der Waals surface area contributed by atoms with E-state index in [1.165, 1.54) is 11.1 Å². The van der Waals surface area contributed by atoms with Crippen LogP contribution < -0.4 is 10.6 Å². The first-order valence-electron chi connectivity index (χ1n) is 8.16. The minimum absolute atomic E-state index is 0.0947. The number of hydrogen-bond donors (Lipinski definition) is 2. The average Bonchev–Trinajstić information content (AvgIpc) is 2.59. The van der Waals surface area contributed by atoms with E-state index in [1.807, 2.05) is 6.92 Å². The topological polar surface area (TPSA) is 53.6 Å². The van der Waals surface area contributed by atoms with Gasteiger partial charge in [-0.2, -0.15) is 0 Å². The zero-order valence-electron chi connectivity index (χ0n) is 13.2. The highest BCUT2D eigenvalue weighted by Gasteiger charge is 2.25. The molecule has 120 valence electrons. The molecule has 3 rings (SSSR count). The van der Waals surface area contributed by atoms with E-state index in [0.717, 1.165) is 39.3 Å². The van der Waals surface area contributed by atoms with Crippen molar-refractivity contribution in [2.45, 2.75) is 25.4 Å². The molecule has 5 nitrogen and oxygen atoms in total. The summed E-state index contributed by atoms with van der Waals surface area (Å²) in [6.45, 7) is 6.69. The normalized spacial score (nSPS) is 23.6.